The molecule has 0 bridgehead atoms. The van der Waals surface area contributed by atoms with Crippen molar-refractivity contribution in [2.75, 3.05) is 23.9 Å². The monoisotopic (exact) mass is 457 g/mol. The van der Waals surface area contributed by atoms with Gasteiger partial charge in [0.15, 0.2) is 0 Å². The highest BCUT2D eigenvalue weighted by molar-refractivity contribution is 6.04. The van der Waals surface area contributed by atoms with E-state index in [1.165, 1.54) is 0 Å². The van der Waals surface area contributed by atoms with Crippen LogP contribution in [0.4, 0.5) is 11.4 Å². The van der Waals surface area contributed by atoms with Crippen molar-refractivity contribution in [1.82, 2.24) is 5.32 Å². The van der Waals surface area contributed by atoms with Gasteiger partial charge in [0.25, 0.3) is 5.91 Å². The predicted molar refractivity (Wildman–Crippen MR) is 136 cm³/mol. The van der Waals surface area contributed by atoms with Crippen LogP contribution in [0.25, 0.3) is 11.1 Å². The van der Waals surface area contributed by atoms with E-state index >= 15 is 0 Å². The highest BCUT2D eigenvalue weighted by Gasteiger charge is 2.32. The molecule has 1 aliphatic heterocycles. The number of amides is 2. The Bertz CT molecular complexity index is 1160. The molecule has 4 rings (SSSR count). The molecule has 34 heavy (non-hydrogen) atoms. The minimum absolute atomic E-state index is 0.0664. The second-order valence-corrected chi connectivity index (χ2v) is 9.13. The number of rotatable bonds is 5. The Labute approximate surface area is 200 Å². The number of carbonyl (C=O) groups excluding carboxylic acids is 2. The van der Waals surface area contributed by atoms with Gasteiger partial charge in [0, 0.05) is 24.0 Å². The smallest absolute Gasteiger partial charge is 0.255 e. The number of likely N-dealkylation sites (N-methyl/N-ethyl adjacent to an activating group) is 1. The van der Waals surface area contributed by atoms with Crippen molar-refractivity contribution in [1.29, 1.82) is 0 Å². The number of benzene rings is 3. The van der Waals surface area contributed by atoms with Gasteiger partial charge in [0.05, 0.1) is 12.6 Å². The average Bonchev–Trinajstić information content (AvgIpc) is 2.84. The van der Waals surface area contributed by atoms with Crippen molar-refractivity contribution in [3.8, 4) is 11.1 Å². The molecule has 0 aliphatic carbocycles. The van der Waals surface area contributed by atoms with Crippen LogP contribution in [0.5, 0.6) is 0 Å². The third-order valence-electron chi connectivity index (χ3n) is 6.33. The quantitative estimate of drug-likeness (QED) is 0.539. The predicted octanol–water partition coefficient (Wildman–Crippen LogP) is 4.10. The molecule has 0 spiro atoms. The summed E-state index contributed by atoms with van der Waals surface area (Å²) in [5, 5.41) is 15.7. The zero-order valence-corrected chi connectivity index (χ0v) is 19.8. The number of nitrogens with zero attached hydrogens (tertiary/aromatic N) is 1. The lowest BCUT2D eigenvalue weighted by Crippen LogP contribution is -2.54. The first kappa shape index (κ1) is 23.5. The maximum absolute atomic E-state index is 12.9. The molecular weight excluding hydrogens is 426 g/mol. The molecule has 0 saturated heterocycles. The molecule has 3 aromatic carbocycles. The molecule has 3 N–H and O–H groups in total. The molecule has 0 fully saturated rings. The number of carbonyl (C=O) groups is 2. The molecule has 3 aromatic rings. The summed E-state index contributed by atoms with van der Waals surface area (Å²) in [7, 11) is 1.90. The lowest BCUT2D eigenvalue weighted by atomic mass is 9.95. The van der Waals surface area contributed by atoms with E-state index in [-0.39, 0.29) is 36.4 Å². The SMILES string of the molecule is CC(C)[C@H]1C(=O)NC(CO)Cc2ccc(NC(=O)c3ccc(-c4ccccc4)cc3)cc2N1C. The standard InChI is InChI=1S/C28H31N3O3/c1-18(2)26-28(34)30-24(17-32)15-22-13-14-23(16-25(22)31(26)3)29-27(33)21-11-9-20(10-12-21)19-7-5-4-6-8-19/h4-14,16,18,24,26,32H,15,17H2,1-3H3,(H,29,33)(H,30,34)/t24?,26-/m0/s1. The van der Waals surface area contributed by atoms with E-state index in [1.54, 1.807) is 0 Å². The Morgan fingerprint density at radius 2 is 1.74 bits per heavy atom. The van der Waals surface area contributed by atoms with Gasteiger partial charge in [-0.15, -0.1) is 0 Å². The largest absolute Gasteiger partial charge is 0.394 e. The molecule has 0 saturated carbocycles. The first-order chi connectivity index (χ1) is 16.4. The highest BCUT2D eigenvalue weighted by atomic mass is 16.3. The van der Waals surface area contributed by atoms with Crippen LogP contribution in [0, 0.1) is 5.92 Å². The van der Waals surface area contributed by atoms with Gasteiger partial charge in [-0.25, -0.2) is 0 Å². The van der Waals surface area contributed by atoms with Gasteiger partial charge < -0.3 is 20.6 Å². The number of fused-ring (bicyclic) bond motifs is 1. The minimum Gasteiger partial charge on any atom is -0.394 e. The summed E-state index contributed by atoms with van der Waals surface area (Å²) in [5.41, 5.74) is 5.27. The molecule has 176 valence electrons. The molecule has 1 aliphatic rings. The van der Waals surface area contributed by atoms with Crippen molar-refractivity contribution < 1.29 is 14.7 Å². The number of anilines is 2. The molecule has 1 heterocycles. The number of aliphatic hydroxyl groups is 1. The fraction of sp³-hybridized carbons (Fsp3) is 0.286. The Morgan fingerprint density at radius 1 is 1.06 bits per heavy atom. The van der Waals surface area contributed by atoms with E-state index in [9.17, 15) is 14.7 Å². The first-order valence-corrected chi connectivity index (χ1v) is 11.6. The van der Waals surface area contributed by atoms with E-state index < -0.39 is 0 Å². The van der Waals surface area contributed by atoms with Gasteiger partial charge in [0.1, 0.15) is 6.04 Å². The van der Waals surface area contributed by atoms with Gasteiger partial charge in [-0.05, 0) is 53.3 Å². The Morgan fingerprint density at radius 3 is 2.38 bits per heavy atom. The number of aliphatic hydroxyl groups excluding tert-OH is 1. The third kappa shape index (κ3) is 4.97. The highest BCUT2D eigenvalue weighted by Crippen LogP contribution is 2.30. The molecule has 0 radical (unpaired) electrons. The fourth-order valence-corrected chi connectivity index (χ4v) is 4.58. The van der Waals surface area contributed by atoms with E-state index in [0.717, 1.165) is 22.4 Å². The van der Waals surface area contributed by atoms with Crippen LogP contribution in [-0.2, 0) is 11.2 Å². The van der Waals surface area contributed by atoms with Gasteiger partial charge in [0.2, 0.25) is 5.91 Å². The Hall–Kier alpha value is -3.64. The summed E-state index contributed by atoms with van der Waals surface area (Å²) in [6, 6.07) is 22.6. The third-order valence-corrected chi connectivity index (χ3v) is 6.33. The van der Waals surface area contributed by atoms with E-state index in [2.05, 4.69) is 10.6 Å². The van der Waals surface area contributed by atoms with Crippen LogP contribution >= 0.6 is 0 Å². The van der Waals surface area contributed by atoms with E-state index in [1.807, 2.05) is 98.6 Å². The van der Waals surface area contributed by atoms with Crippen LogP contribution in [0.2, 0.25) is 0 Å². The van der Waals surface area contributed by atoms with Crippen molar-refractivity contribution >= 4 is 23.2 Å². The topological polar surface area (TPSA) is 81.7 Å². The number of hydrogen-bond acceptors (Lipinski definition) is 4. The van der Waals surface area contributed by atoms with Crippen LogP contribution in [0.1, 0.15) is 29.8 Å². The molecule has 6 nitrogen and oxygen atoms in total. The zero-order chi connectivity index (χ0) is 24.2. The second kappa shape index (κ2) is 10.1. The molecular formula is C28H31N3O3. The Kier molecular flexibility index (Phi) is 6.98. The second-order valence-electron chi connectivity index (χ2n) is 9.13. The summed E-state index contributed by atoms with van der Waals surface area (Å²) in [5.74, 6) is -0.230. The lowest BCUT2D eigenvalue weighted by molar-refractivity contribution is -0.124. The molecule has 2 amide bonds. The summed E-state index contributed by atoms with van der Waals surface area (Å²) in [6.07, 6.45) is 0.516. The van der Waals surface area contributed by atoms with Crippen LogP contribution in [0.3, 0.4) is 0 Å². The van der Waals surface area contributed by atoms with E-state index in [4.69, 9.17) is 0 Å². The summed E-state index contributed by atoms with van der Waals surface area (Å²) >= 11 is 0. The summed E-state index contributed by atoms with van der Waals surface area (Å²) in [4.78, 5) is 27.7. The lowest BCUT2D eigenvalue weighted by Gasteiger charge is -2.37. The van der Waals surface area contributed by atoms with Crippen molar-refractivity contribution in [3.63, 3.8) is 0 Å². The maximum atomic E-state index is 12.9. The normalized spacial score (nSPS) is 18.0. The molecule has 1 unspecified atom stereocenters. The van der Waals surface area contributed by atoms with Gasteiger partial charge in [-0.1, -0.05) is 62.4 Å². The minimum atomic E-state index is -0.385. The maximum Gasteiger partial charge on any atom is 0.255 e. The van der Waals surface area contributed by atoms with E-state index in [0.29, 0.717) is 17.7 Å². The van der Waals surface area contributed by atoms with Gasteiger partial charge in [-0.2, -0.15) is 0 Å². The summed E-state index contributed by atoms with van der Waals surface area (Å²) < 4.78 is 0. The number of nitrogens with one attached hydrogen (secondary N) is 2. The molecule has 2 atom stereocenters. The number of hydrogen-bond donors (Lipinski definition) is 3. The van der Waals surface area contributed by atoms with Crippen molar-refractivity contribution in [2.45, 2.75) is 32.4 Å². The van der Waals surface area contributed by atoms with Crippen LogP contribution < -0.4 is 15.5 Å². The fourth-order valence-electron chi connectivity index (χ4n) is 4.58. The average molecular weight is 458 g/mol. The van der Waals surface area contributed by atoms with Gasteiger partial charge in [-0.3, -0.25) is 9.59 Å². The Balaban J connectivity index is 1.58. The first-order valence-electron chi connectivity index (χ1n) is 11.6. The van der Waals surface area contributed by atoms with Crippen LogP contribution in [-0.4, -0.2) is 42.7 Å². The zero-order valence-electron chi connectivity index (χ0n) is 19.8. The van der Waals surface area contributed by atoms with Crippen molar-refractivity contribution in [3.05, 3.63) is 83.9 Å². The molecule has 0 aromatic heterocycles. The molecule has 6 heteroatoms. The van der Waals surface area contributed by atoms with Crippen LogP contribution in [0.15, 0.2) is 72.8 Å². The van der Waals surface area contributed by atoms with Gasteiger partial charge >= 0.3 is 0 Å². The van der Waals surface area contributed by atoms with Crippen molar-refractivity contribution in [2.24, 2.45) is 5.92 Å². The summed E-state index contributed by atoms with van der Waals surface area (Å²) in [6.45, 7) is 3.87.